The number of likely N-dealkylation sites (tertiary alicyclic amines) is 1. The van der Waals surface area contributed by atoms with E-state index in [0.717, 1.165) is 0 Å². The molecule has 1 aliphatic rings. The molecule has 0 saturated carbocycles. The zero-order chi connectivity index (χ0) is 20.8. The van der Waals surface area contributed by atoms with Gasteiger partial charge in [-0.15, -0.1) is 0 Å². The molecule has 2 N–H and O–H groups in total. The maximum absolute atomic E-state index is 12.8. The van der Waals surface area contributed by atoms with Crippen LogP contribution in [0.4, 0.5) is 0 Å². The second-order valence-corrected chi connectivity index (χ2v) is 8.41. The minimum Gasteiger partial charge on any atom is -0.351 e. The number of nitrogens with one attached hydrogen (secondary N) is 2. The van der Waals surface area contributed by atoms with Gasteiger partial charge in [-0.05, 0) is 43.4 Å². The first-order chi connectivity index (χ1) is 13.2. The summed E-state index contributed by atoms with van der Waals surface area (Å²) >= 11 is 12.0. The Morgan fingerprint density at radius 3 is 2.36 bits per heavy atom. The van der Waals surface area contributed by atoms with Crippen LogP contribution in [0.3, 0.4) is 0 Å². The quantitative estimate of drug-likeness (QED) is 0.730. The number of amides is 3. The summed E-state index contributed by atoms with van der Waals surface area (Å²) in [5, 5.41) is 6.50. The first kappa shape index (κ1) is 22.5. The maximum atomic E-state index is 12.8. The summed E-state index contributed by atoms with van der Waals surface area (Å²) in [7, 11) is 0. The molecule has 1 unspecified atom stereocenters. The Kier molecular flexibility index (Phi) is 8.13. The van der Waals surface area contributed by atoms with Gasteiger partial charge in [-0.2, -0.15) is 0 Å². The molecule has 0 spiro atoms. The molecule has 8 heteroatoms. The Morgan fingerprint density at radius 2 is 1.82 bits per heavy atom. The van der Waals surface area contributed by atoms with E-state index in [0.29, 0.717) is 37.4 Å². The van der Waals surface area contributed by atoms with Crippen LogP contribution in [0.25, 0.3) is 0 Å². The second-order valence-electron chi connectivity index (χ2n) is 7.57. The fourth-order valence-electron chi connectivity index (χ4n) is 3.25. The summed E-state index contributed by atoms with van der Waals surface area (Å²) in [6.45, 7) is 6.79. The number of rotatable bonds is 6. The van der Waals surface area contributed by atoms with E-state index in [1.165, 1.54) is 6.07 Å². The molecule has 3 amide bonds. The summed E-state index contributed by atoms with van der Waals surface area (Å²) in [6, 6.07) is 3.96. The van der Waals surface area contributed by atoms with Crippen molar-refractivity contribution in [2.24, 2.45) is 5.92 Å². The van der Waals surface area contributed by atoms with E-state index in [1.54, 1.807) is 24.0 Å². The van der Waals surface area contributed by atoms with Crippen LogP contribution in [0.5, 0.6) is 0 Å². The summed E-state index contributed by atoms with van der Waals surface area (Å²) in [5.74, 6) is -0.354. The first-order valence-electron chi connectivity index (χ1n) is 9.49. The molecule has 28 heavy (non-hydrogen) atoms. The van der Waals surface area contributed by atoms with Gasteiger partial charge in [0.1, 0.15) is 6.04 Å². The van der Waals surface area contributed by atoms with E-state index in [-0.39, 0.29) is 34.4 Å². The maximum Gasteiger partial charge on any atom is 0.253 e. The molecular weight excluding hydrogens is 401 g/mol. The highest BCUT2D eigenvalue weighted by molar-refractivity contribution is 6.36. The lowest BCUT2D eigenvalue weighted by atomic mass is 10.0. The zero-order valence-electron chi connectivity index (χ0n) is 16.4. The van der Waals surface area contributed by atoms with Gasteiger partial charge >= 0.3 is 0 Å². The number of carbonyl (C=O) groups excluding carboxylic acids is 3. The van der Waals surface area contributed by atoms with Crippen molar-refractivity contribution in [3.63, 3.8) is 0 Å². The first-order valence-corrected chi connectivity index (χ1v) is 10.2. The third-order valence-electron chi connectivity index (χ3n) is 4.79. The van der Waals surface area contributed by atoms with Crippen LogP contribution in [0.1, 0.15) is 50.4 Å². The van der Waals surface area contributed by atoms with Gasteiger partial charge in [-0.25, -0.2) is 0 Å². The molecule has 1 heterocycles. The average molecular weight is 428 g/mol. The van der Waals surface area contributed by atoms with Crippen LogP contribution in [-0.4, -0.2) is 47.8 Å². The smallest absolute Gasteiger partial charge is 0.253 e. The monoisotopic (exact) mass is 427 g/mol. The third-order valence-corrected chi connectivity index (χ3v) is 5.34. The molecule has 0 bridgehead atoms. The summed E-state index contributed by atoms with van der Waals surface area (Å²) in [4.78, 5) is 38.6. The van der Waals surface area contributed by atoms with Crippen molar-refractivity contribution in [2.75, 3.05) is 13.1 Å². The summed E-state index contributed by atoms with van der Waals surface area (Å²) in [6.07, 6.45) is 1.92. The Labute approximate surface area is 175 Å². The lowest BCUT2D eigenvalue weighted by molar-refractivity contribution is -0.130. The van der Waals surface area contributed by atoms with E-state index in [4.69, 9.17) is 23.2 Å². The van der Waals surface area contributed by atoms with Crippen LogP contribution < -0.4 is 10.6 Å². The molecule has 154 valence electrons. The molecule has 0 aromatic heterocycles. The number of nitrogens with zero attached hydrogens (tertiary/aromatic N) is 1. The van der Waals surface area contributed by atoms with Crippen LogP contribution in [0, 0.1) is 5.92 Å². The van der Waals surface area contributed by atoms with Gasteiger partial charge in [0.2, 0.25) is 11.8 Å². The molecular formula is C20H27Cl2N3O3. The topological polar surface area (TPSA) is 78.5 Å². The van der Waals surface area contributed by atoms with Gasteiger partial charge in [-0.3, -0.25) is 14.4 Å². The Balaban J connectivity index is 2.01. The molecule has 2 rings (SSSR count). The predicted octanol–water partition coefficient (Wildman–Crippen LogP) is 3.27. The van der Waals surface area contributed by atoms with Gasteiger partial charge in [-0.1, -0.05) is 37.0 Å². The highest BCUT2D eigenvalue weighted by Gasteiger charge is 2.27. The second kappa shape index (κ2) is 10.1. The van der Waals surface area contributed by atoms with Gasteiger partial charge in [0, 0.05) is 31.1 Å². The van der Waals surface area contributed by atoms with Crippen molar-refractivity contribution in [3.8, 4) is 0 Å². The normalized spacial score (nSPS) is 16.0. The Bertz CT molecular complexity index is 731. The summed E-state index contributed by atoms with van der Waals surface area (Å²) < 4.78 is 0. The number of halogens is 2. The van der Waals surface area contributed by atoms with E-state index in [1.807, 2.05) is 13.8 Å². The molecule has 0 radical (unpaired) electrons. The lowest BCUT2D eigenvalue weighted by Gasteiger charge is -2.32. The van der Waals surface area contributed by atoms with Gasteiger partial charge in [0.15, 0.2) is 0 Å². The molecule has 0 aliphatic carbocycles. The van der Waals surface area contributed by atoms with Crippen LogP contribution in [-0.2, 0) is 9.59 Å². The van der Waals surface area contributed by atoms with Crippen molar-refractivity contribution < 1.29 is 14.4 Å². The number of benzene rings is 1. The van der Waals surface area contributed by atoms with Crippen LogP contribution in [0.2, 0.25) is 10.0 Å². The van der Waals surface area contributed by atoms with Gasteiger partial charge < -0.3 is 15.5 Å². The minimum absolute atomic E-state index is 0.00576. The van der Waals surface area contributed by atoms with E-state index >= 15 is 0 Å². The third kappa shape index (κ3) is 6.38. The van der Waals surface area contributed by atoms with E-state index < -0.39 is 11.9 Å². The van der Waals surface area contributed by atoms with Crippen molar-refractivity contribution in [3.05, 3.63) is 33.8 Å². The number of hydrogen-bond donors (Lipinski definition) is 2. The Hall–Kier alpha value is -1.79. The number of carbonyl (C=O) groups is 3. The highest BCUT2D eigenvalue weighted by Crippen LogP contribution is 2.21. The molecule has 1 aliphatic heterocycles. The molecule has 6 nitrogen and oxygen atoms in total. The predicted molar refractivity (Wildman–Crippen MR) is 111 cm³/mol. The number of piperidine rings is 1. The van der Waals surface area contributed by atoms with E-state index in [9.17, 15) is 14.4 Å². The van der Waals surface area contributed by atoms with E-state index in [2.05, 4.69) is 10.6 Å². The van der Waals surface area contributed by atoms with Crippen molar-refractivity contribution in [1.29, 1.82) is 0 Å². The Morgan fingerprint density at radius 1 is 1.18 bits per heavy atom. The molecule has 1 aromatic rings. The standard InChI is InChI=1S/C20H27Cl2N3O3/c1-12(2)10-18(24-19(27)16-5-4-14(21)11-17(16)22)20(28)23-15-6-8-25(9-7-15)13(3)26/h4-5,11-12,15,18H,6-10H2,1-3H3,(H,23,28)(H,24,27). The molecule has 1 aromatic carbocycles. The van der Waals surface area contributed by atoms with Gasteiger partial charge in [0.25, 0.3) is 5.91 Å². The van der Waals surface area contributed by atoms with Crippen molar-refractivity contribution >= 4 is 40.9 Å². The average Bonchev–Trinajstić information content (AvgIpc) is 2.61. The minimum atomic E-state index is -0.662. The SMILES string of the molecule is CC(=O)N1CCC(NC(=O)C(CC(C)C)NC(=O)c2ccc(Cl)cc2Cl)CC1. The molecule has 1 saturated heterocycles. The number of hydrogen-bond acceptors (Lipinski definition) is 3. The molecule has 1 fully saturated rings. The highest BCUT2D eigenvalue weighted by atomic mass is 35.5. The van der Waals surface area contributed by atoms with Crippen molar-refractivity contribution in [2.45, 2.75) is 52.1 Å². The van der Waals surface area contributed by atoms with Gasteiger partial charge in [0.05, 0.1) is 10.6 Å². The summed E-state index contributed by atoms with van der Waals surface area (Å²) in [5.41, 5.74) is 0.280. The van der Waals surface area contributed by atoms with Crippen molar-refractivity contribution in [1.82, 2.24) is 15.5 Å². The van der Waals surface area contributed by atoms with Crippen LogP contribution in [0.15, 0.2) is 18.2 Å². The largest absolute Gasteiger partial charge is 0.351 e. The fourth-order valence-corrected chi connectivity index (χ4v) is 3.75. The zero-order valence-corrected chi connectivity index (χ0v) is 17.9. The molecule has 1 atom stereocenters. The van der Waals surface area contributed by atoms with Crippen LogP contribution >= 0.6 is 23.2 Å². The fraction of sp³-hybridized carbons (Fsp3) is 0.550. The lowest BCUT2D eigenvalue weighted by Crippen LogP contribution is -2.52.